The summed E-state index contributed by atoms with van der Waals surface area (Å²) in [5.41, 5.74) is -0.0899. The number of aromatic nitrogens is 2. The van der Waals surface area contributed by atoms with Crippen LogP contribution in [-0.4, -0.2) is 16.0 Å². The minimum Gasteiger partial charge on any atom is -0.367 e. The quantitative estimate of drug-likeness (QED) is 0.666. The highest BCUT2D eigenvalue weighted by atomic mass is 35.5. The number of nitrogens with one attached hydrogen (secondary N) is 1. The Kier molecular flexibility index (Phi) is 4.64. The van der Waals surface area contributed by atoms with Gasteiger partial charge >= 0.3 is 6.18 Å². The number of thiophene rings is 1. The third kappa shape index (κ3) is 3.62. The van der Waals surface area contributed by atoms with Crippen LogP contribution in [0.5, 0.6) is 0 Å². The topological polar surface area (TPSA) is 37.8 Å². The van der Waals surface area contributed by atoms with E-state index in [0.717, 1.165) is 22.3 Å². The molecule has 2 heterocycles. The van der Waals surface area contributed by atoms with Crippen LogP contribution in [0.3, 0.4) is 0 Å². The molecule has 8 heteroatoms. The van der Waals surface area contributed by atoms with Crippen molar-refractivity contribution < 1.29 is 13.2 Å². The zero-order valence-corrected chi connectivity index (χ0v) is 14.1. The van der Waals surface area contributed by atoms with Crippen molar-refractivity contribution in [3.63, 3.8) is 0 Å². The van der Waals surface area contributed by atoms with Gasteiger partial charge in [-0.3, -0.25) is 0 Å². The third-order valence-corrected chi connectivity index (χ3v) is 4.72. The summed E-state index contributed by atoms with van der Waals surface area (Å²) in [4.78, 5) is 9.29. The van der Waals surface area contributed by atoms with Crippen LogP contribution in [0.25, 0.3) is 10.2 Å². The van der Waals surface area contributed by atoms with Crippen molar-refractivity contribution >= 4 is 39.0 Å². The fourth-order valence-electron chi connectivity index (χ4n) is 2.41. The lowest BCUT2D eigenvalue weighted by molar-refractivity contribution is -0.137. The summed E-state index contributed by atoms with van der Waals surface area (Å²) in [6, 6.07) is 5.31. The van der Waals surface area contributed by atoms with Crippen molar-refractivity contribution in [3.05, 3.63) is 52.1 Å². The van der Waals surface area contributed by atoms with Gasteiger partial charge < -0.3 is 5.32 Å². The largest absolute Gasteiger partial charge is 0.416 e. The summed E-state index contributed by atoms with van der Waals surface area (Å²) in [7, 11) is 0. The Balaban J connectivity index is 1.75. The van der Waals surface area contributed by atoms with Crippen molar-refractivity contribution in [2.75, 3.05) is 5.32 Å². The first kappa shape index (κ1) is 17.0. The van der Waals surface area contributed by atoms with E-state index in [-0.39, 0.29) is 11.1 Å². The molecule has 1 N–H and O–H groups in total. The van der Waals surface area contributed by atoms with Crippen LogP contribution in [0.1, 0.15) is 18.1 Å². The molecule has 3 aromatic rings. The van der Waals surface area contributed by atoms with E-state index in [1.807, 2.05) is 18.4 Å². The van der Waals surface area contributed by atoms with Crippen LogP contribution in [-0.2, 0) is 12.6 Å². The molecule has 0 radical (unpaired) electrons. The van der Waals surface area contributed by atoms with Crippen LogP contribution in [0, 0.1) is 0 Å². The maximum absolute atomic E-state index is 12.7. The van der Waals surface area contributed by atoms with Gasteiger partial charge in [-0.1, -0.05) is 17.7 Å². The first-order valence-electron chi connectivity index (χ1n) is 7.15. The molecule has 0 saturated heterocycles. The highest BCUT2D eigenvalue weighted by molar-refractivity contribution is 7.16. The van der Waals surface area contributed by atoms with Gasteiger partial charge in [0.05, 0.1) is 10.9 Å². The second-order valence-corrected chi connectivity index (χ2v) is 6.72. The lowest BCUT2D eigenvalue weighted by atomic mass is 10.0. The summed E-state index contributed by atoms with van der Waals surface area (Å²) < 4.78 is 38.0. The molecule has 126 valence electrons. The number of benzene rings is 1. The van der Waals surface area contributed by atoms with Gasteiger partial charge in [-0.05, 0) is 42.5 Å². The van der Waals surface area contributed by atoms with Crippen molar-refractivity contribution in [3.8, 4) is 0 Å². The number of halogens is 4. The first-order valence-corrected chi connectivity index (χ1v) is 8.40. The molecular weight excluding hydrogens is 359 g/mol. The first-order chi connectivity index (χ1) is 11.3. The van der Waals surface area contributed by atoms with Crippen molar-refractivity contribution in [2.45, 2.75) is 25.6 Å². The Hall–Kier alpha value is -1.86. The Labute approximate surface area is 145 Å². The highest BCUT2D eigenvalue weighted by Crippen LogP contribution is 2.32. The van der Waals surface area contributed by atoms with Gasteiger partial charge in [-0.25, -0.2) is 9.97 Å². The van der Waals surface area contributed by atoms with Crippen LogP contribution in [0.2, 0.25) is 5.02 Å². The van der Waals surface area contributed by atoms with Gasteiger partial charge in [0.2, 0.25) is 0 Å². The molecule has 0 bridgehead atoms. The average Bonchev–Trinajstić information content (AvgIpc) is 2.98. The molecule has 0 fully saturated rings. The standard InChI is InChI=1S/C16H13ClF3N3S/c1-9(23-14-12-4-5-24-15(12)22-8-21-14)6-10-2-3-11(7-13(10)17)16(18,19)20/h2-5,7-9H,6H2,1H3,(H,21,22,23). The summed E-state index contributed by atoms with van der Waals surface area (Å²) in [5.74, 6) is 0.705. The van der Waals surface area contributed by atoms with Gasteiger partial charge in [0.15, 0.2) is 0 Å². The van der Waals surface area contributed by atoms with E-state index in [4.69, 9.17) is 11.6 Å². The predicted molar refractivity (Wildman–Crippen MR) is 90.7 cm³/mol. The number of anilines is 1. The van der Waals surface area contributed by atoms with E-state index in [2.05, 4.69) is 15.3 Å². The second-order valence-electron chi connectivity index (χ2n) is 5.42. The predicted octanol–water partition coefficient (Wildman–Crippen LogP) is 5.41. The molecule has 1 unspecified atom stereocenters. The van der Waals surface area contributed by atoms with Crippen LogP contribution in [0.4, 0.5) is 19.0 Å². The summed E-state index contributed by atoms with van der Waals surface area (Å²) >= 11 is 7.53. The number of hydrogen-bond acceptors (Lipinski definition) is 4. The molecule has 0 aliphatic carbocycles. The number of fused-ring (bicyclic) bond motifs is 1. The molecule has 0 aliphatic rings. The van der Waals surface area contributed by atoms with E-state index >= 15 is 0 Å². The summed E-state index contributed by atoms with van der Waals surface area (Å²) in [5, 5.41) is 6.24. The molecule has 0 amide bonds. The molecular formula is C16H13ClF3N3S. The van der Waals surface area contributed by atoms with E-state index in [0.29, 0.717) is 17.8 Å². The SMILES string of the molecule is CC(Cc1ccc(C(F)(F)F)cc1Cl)Nc1ncnc2sccc12. The minimum atomic E-state index is -4.39. The minimum absolute atomic E-state index is 0.0581. The molecule has 0 aliphatic heterocycles. The molecule has 2 aromatic heterocycles. The van der Waals surface area contributed by atoms with Crippen LogP contribution < -0.4 is 5.32 Å². The Bertz CT molecular complexity index is 863. The Morgan fingerprint density at radius 2 is 2.04 bits per heavy atom. The average molecular weight is 372 g/mol. The smallest absolute Gasteiger partial charge is 0.367 e. The number of hydrogen-bond donors (Lipinski definition) is 1. The van der Waals surface area contributed by atoms with Gasteiger partial charge in [0.1, 0.15) is 17.0 Å². The summed E-state index contributed by atoms with van der Waals surface area (Å²) in [6.45, 7) is 1.92. The van der Waals surface area contributed by atoms with Gasteiger partial charge in [-0.15, -0.1) is 11.3 Å². The molecule has 0 spiro atoms. The van der Waals surface area contributed by atoms with Crippen LogP contribution in [0.15, 0.2) is 36.0 Å². The molecule has 3 nitrogen and oxygen atoms in total. The molecule has 24 heavy (non-hydrogen) atoms. The number of nitrogens with zero attached hydrogens (tertiary/aromatic N) is 2. The fourth-order valence-corrected chi connectivity index (χ4v) is 3.40. The van der Waals surface area contributed by atoms with E-state index < -0.39 is 11.7 Å². The fraction of sp³-hybridized carbons (Fsp3) is 0.250. The highest BCUT2D eigenvalue weighted by Gasteiger charge is 2.30. The molecule has 3 rings (SSSR count). The summed E-state index contributed by atoms with van der Waals surface area (Å²) in [6.07, 6.45) is -2.43. The molecule has 0 saturated carbocycles. The molecule has 1 aromatic carbocycles. The Morgan fingerprint density at radius 1 is 1.25 bits per heavy atom. The zero-order valence-electron chi connectivity index (χ0n) is 12.6. The zero-order chi connectivity index (χ0) is 17.3. The van der Waals surface area contributed by atoms with E-state index in [1.165, 1.54) is 23.7 Å². The van der Waals surface area contributed by atoms with Gasteiger partial charge in [0.25, 0.3) is 0 Å². The van der Waals surface area contributed by atoms with Crippen LogP contribution >= 0.6 is 22.9 Å². The van der Waals surface area contributed by atoms with E-state index in [1.54, 1.807) is 0 Å². The number of alkyl halides is 3. The monoisotopic (exact) mass is 371 g/mol. The maximum Gasteiger partial charge on any atom is 0.416 e. The van der Waals surface area contributed by atoms with E-state index in [9.17, 15) is 13.2 Å². The maximum atomic E-state index is 12.7. The Morgan fingerprint density at radius 3 is 2.75 bits per heavy atom. The third-order valence-electron chi connectivity index (χ3n) is 3.55. The second kappa shape index (κ2) is 6.57. The van der Waals surface area contributed by atoms with Crippen molar-refractivity contribution in [1.29, 1.82) is 0 Å². The van der Waals surface area contributed by atoms with Gasteiger partial charge in [0, 0.05) is 11.1 Å². The van der Waals surface area contributed by atoms with Crippen molar-refractivity contribution in [2.24, 2.45) is 0 Å². The van der Waals surface area contributed by atoms with Crippen molar-refractivity contribution in [1.82, 2.24) is 9.97 Å². The lowest BCUT2D eigenvalue weighted by Gasteiger charge is -2.16. The number of rotatable bonds is 4. The normalized spacial score (nSPS) is 13.2. The molecule has 1 atom stereocenters. The van der Waals surface area contributed by atoms with Gasteiger partial charge in [-0.2, -0.15) is 13.2 Å². The lowest BCUT2D eigenvalue weighted by Crippen LogP contribution is -2.19.